The Morgan fingerprint density at radius 1 is 0.500 bits per heavy atom. The maximum Gasteiger partial charge on any atom is 0.335 e. The molecule has 6 rings (SSSR count). The second kappa shape index (κ2) is 11.1. The van der Waals surface area contributed by atoms with Crippen molar-refractivity contribution in [1.82, 2.24) is 9.97 Å². The summed E-state index contributed by atoms with van der Waals surface area (Å²) in [4.78, 5) is 32.8. The zero-order chi connectivity index (χ0) is 29.1. The zero-order valence-electron chi connectivity index (χ0n) is 22.0. The largest absolute Gasteiger partial charge is 0.478 e. The summed E-state index contributed by atoms with van der Waals surface area (Å²) in [6.07, 6.45) is 0. The highest BCUT2D eigenvalue weighted by Crippen LogP contribution is 2.29. The van der Waals surface area contributed by atoms with Gasteiger partial charge in [-0.2, -0.15) is 0 Å². The number of aromatic nitrogens is 2. The Morgan fingerprint density at radius 3 is 1.36 bits per heavy atom. The molecule has 0 atom stereocenters. The van der Waals surface area contributed by atoms with Crippen LogP contribution in [0.5, 0.6) is 0 Å². The van der Waals surface area contributed by atoms with E-state index in [1.165, 1.54) is 24.3 Å². The first kappa shape index (κ1) is 26.0. The van der Waals surface area contributed by atoms with Crippen molar-refractivity contribution in [2.75, 3.05) is 0 Å². The predicted octanol–water partition coefficient (Wildman–Crippen LogP) is 6.65. The van der Waals surface area contributed by atoms with Crippen molar-refractivity contribution < 1.29 is 19.8 Å². The van der Waals surface area contributed by atoms with E-state index in [1.807, 2.05) is 72.8 Å². The molecule has 2 aromatic heterocycles. The molecular weight excluding hydrogens is 524 g/mol. The number of pyridine rings is 2. The van der Waals surface area contributed by atoms with Crippen LogP contribution >= 0.6 is 0 Å². The molecule has 198 valence electrons. The van der Waals surface area contributed by atoms with Gasteiger partial charge in [0.05, 0.1) is 22.2 Å². The second-order valence-corrected chi connectivity index (χ2v) is 9.41. The monoisotopic (exact) mass is 544 g/mol. The number of carboxylic acids is 2. The summed E-state index contributed by atoms with van der Waals surface area (Å²) in [7, 11) is 0. The van der Waals surface area contributed by atoms with Crippen molar-refractivity contribution in [3.05, 3.63) is 143 Å². The molecule has 4 aromatic carbocycles. The summed E-state index contributed by atoms with van der Waals surface area (Å²) in [6.45, 7) is 0. The Bertz CT molecular complexity index is 2020. The molecule has 0 amide bonds. The van der Waals surface area contributed by atoms with Gasteiger partial charge in [-0.25, -0.2) is 19.6 Å². The van der Waals surface area contributed by atoms with E-state index in [0.29, 0.717) is 33.6 Å². The lowest BCUT2D eigenvalue weighted by atomic mass is 9.92. The molecule has 0 aliphatic heterocycles. The predicted molar refractivity (Wildman–Crippen MR) is 161 cm³/mol. The molecule has 0 unspecified atom stereocenters. The fraction of sp³-hybridized carbons (Fsp3) is 0. The number of carbonyl (C=O) groups is 2. The Kier molecular flexibility index (Phi) is 6.87. The standard InChI is InChI=1S/C36H20N2O4/c39-35(40)27-13-19-31(25(21-27)11-17-29-15-9-23-5-1-3-7-33(23)37-29)32-20-14-28(36(41)42)22-26(32)12-18-30-16-10-24-6-2-4-8-34(24)38-30/h1-10,13-16,19-22H,(H,39,40)(H,41,42). The number of benzene rings is 4. The molecule has 0 saturated carbocycles. The van der Waals surface area contributed by atoms with Crippen molar-refractivity contribution in [2.45, 2.75) is 0 Å². The lowest BCUT2D eigenvalue weighted by Gasteiger charge is -2.10. The van der Waals surface area contributed by atoms with Gasteiger partial charge >= 0.3 is 11.9 Å². The third kappa shape index (κ3) is 5.42. The summed E-state index contributed by atoms with van der Waals surface area (Å²) >= 11 is 0. The van der Waals surface area contributed by atoms with Crippen LogP contribution in [0.2, 0.25) is 0 Å². The van der Waals surface area contributed by atoms with Gasteiger partial charge < -0.3 is 10.2 Å². The normalized spacial score (nSPS) is 10.4. The molecule has 6 aromatic rings. The van der Waals surface area contributed by atoms with E-state index in [4.69, 9.17) is 0 Å². The zero-order valence-corrected chi connectivity index (χ0v) is 22.0. The van der Waals surface area contributed by atoms with Crippen LogP contribution in [-0.4, -0.2) is 32.1 Å². The van der Waals surface area contributed by atoms with Crippen molar-refractivity contribution >= 4 is 33.7 Å². The summed E-state index contributed by atoms with van der Waals surface area (Å²) in [5.74, 6) is 10.1. The van der Waals surface area contributed by atoms with Crippen molar-refractivity contribution in [2.24, 2.45) is 0 Å². The van der Waals surface area contributed by atoms with Crippen molar-refractivity contribution in [3.63, 3.8) is 0 Å². The lowest BCUT2D eigenvalue weighted by molar-refractivity contribution is 0.0686. The van der Waals surface area contributed by atoms with Crippen LogP contribution in [0, 0.1) is 23.7 Å². The number of hydrogen-bond acceptors (Lipinski definition) is 4. The number of rotatable bonds is 3. The van der Waals surface area contributed by atoms with Gasteiger partial charge in [-0.05, 0) is 71.5 Å². The van der Waals surface area contributed by atoms with Gasteiger partial charge in [0.15, 0.2) is 0 Å². The number of carboxylic acid groups (broad SMARTS) is 2. The van der Waals surface area contributed by atoms with E-state index in [1.54, 1.807) is 12.1 Å². The molecular formula is C36H20N2O4. The van der Waals surface area contributed by atoms with Gasteiger partial charge in [0.25, 0.3) is 0 Å². The number of aromatic carboxylic acids is 2. The molecule has 0 radical (unpaired) electrons. The minimum Gasteiger partial charge on any atom is -0.478 e. The third-order valence-electron chi connectivity index (χ3n) is 6.67. The average Bonchev–Trinajstić information content (AvgIpc) is 3.02. The lowest BCUT2D eigenvalue weighted by Crippen LogP contribution is -2.00. The maximum absolute atomic E-state index is 11.8. The molecule has 0 spiro atoms. The van der Waals surface area contributed by atoms with Gasteiger partial charge in [0.2, 0.25) is 0 Å². The van der Waals surface area contributed by atoms with Crippen LogP contribution in [0.1, 0.15) is 43.2 Å². The summed E-state index contributed by atoms with van der Waals surface area (Å²) in [6, 6.07) is 32.2. The smallest absolute Gasteiger partial charge is 0.335 e. The SMILES string of the molecule is O=C(O)c1ccc(-c2ccc(C(=O)O)cc2C#Cc2ccc3ccccc3n2)c(C#Cc2ccc3ccccc3n2)c1. The molecule has 6 heteroatoms. The fourth-order valence-electron chi connectivity index (χ4n) is 4.57. The van der Waals surface area contributed by atoms with Gasteiger partial charge in [0.1, 0.15) is 11.4 Å². The van der Waals surface area contributed by atoms with Crippen LogP contribution in [0.15, 0.2) is 109 Å². The molecule has 42 heavy (non-hydrogen) atoms. The van der Waals surface area contributed by atoms with Crippen molar-refractivity contribution in [3.8, 4) is 34.8 Å². The van der Waals surface area contributed by atoms with Gasteiger partial charge in [-0.1, -0.05) is 72.5 Å². The highest BCUT2D eigenvalue weighted by atomic mass is 16.4. The summed E-state index contributed by atoms with van der Waals surface area (Å²) < 4.78 is 0. The first-order chi connectivity index (χ1) is 20.4. The average molecular weight is 545 g/mol. The first-order valence-corrected chi connectivity index (χ1v) is 13.0. The minimum absolute atomic E-state index is 0.0738. The third-order valence-corrected chi connectivity index (χ3v) is 6.67. The first-order valence-electron chi connectivity index (χ1n) is 13.0. The number of hydrogen-bond donors (Lipinski definition) is 2. The van der Waals surface area contributed by atoms with E-state index < -0.39 is 11.9 Å². The molecule has 0 fully saturated rings. The van der Waals surface area contributed by atoms with Crippen molar-refractivity contribution in [1.29, 1.82) is 0 Å². The summed E-state index contributed by atoms with van der Waals surface area (Å²) in [5.41, 5.74) is 4.92. The van der Waals surface area contributed by atoms with Gasteiger partial charge in [-0.3, -0.25) is 0 Å². The Hall–Kier alpha value is -6.24. The number of para-hydroxylation sites is 2. The highest BCUT2D eigenvalue weighted by Gasteiger charge is 2.14. The molecule has 6 nitrogen and oxygen atoms in total. The summed E-state index contributed by atoms with van der Waals surface area (Å²) in [5, 5.41) is 21.3. The molecule has 0 aliphatic carbocycles. The molecule has 2 heterocycles. The van der Waals surface area contributed by atoms with Gasteiger partial charge in [-0.15, -0.1) is 0 Å². The maximum atomic E-state index is 11.8. The van der Waals surface area contributed by atoms with E-state index >= 15 is 0 Å². The topological polar surface area (TPSA) is 100 Å². The molecule has 2 N–H and O–H groups in total. The van der Waals surface area contributed by atoms with Gasteiger partial charge in [0, 0.05) is 21.9 Å². The minimum atomic E-state index is -1.09. The van der Waals surface area contributed by atoms with E-state index in [9.17, 15) is 19.8 Å². The Labute approximate surface area is 241 Å². The molecule has 0 aliphatic rings. The number of fused-ring (bicyclic) bond motifs is 2. The fourth-order valence-corrected chi connectivity index (χ4v) is 4.57. The van der Waals surface area contributed by atoms with Crippen LogP contribution in [0.25, 0.3) is 32.9 Å². The van der Waals surface area contributed by atoms with Crippen LogP contribution < -0.4 is 0 Å². The quantitative estimate of drug-likeness (QED) is 0.242. The highest BCUT2D eigenvalue weighted by molar-refractivity contribution is 5.92. The van der Waals surface area contributed by atoms with E-state index in [-0.39, 0.29) is 11.1 Å². The number of nitrogens with zero attached hydrogens (tertiary/aromatic N) is 2. The van der Waals surface area contributed by atoms with Crippen LogP contribution in [0.3, 0.4) is 0 Å². The van der Waals surface area contributed by atoms with E-state index in [0.717, 1.165) is 21.8 Å². The second-order valence-electron chi connectivity index (χ2n) is 9.41. The Balaban J connectivity index is 1.48. The molecule has 0 saturated heterocycles. The molecule has 0 bridgehead atoms. The Morgan fingerprint density at radius 2 is 0.929 bits per heavy atom. The van der Waals surface area contributed by atoms with Crippen LogP contribution in [-0.2, 0) is 0 Å². The van der Waals surface area contributed by atoms with Crippen LogP contribution in [0.4, 0.5) is 0 Å². The van der Waals surface area contributed by atoms with E-state index in [2.05, 4.69) is 33.6 Å².